The molecule has 2 saturated heterocycles. The average Bonchev–Trinajstić information content (AvgIpc) is 2.69. The van der Waals surface area contributed by atoms with Crippen molar-refractivity contribution in [1.82, 2.24) is 4.90 Å². The molecule has 1 amide bonds. The molecule has 154 valence electrons. The molecule has 1 aromatic rings. The lowest BCUT2D eigenvalue weighted by atomic mass is 10.0. The first-order valence-corrected chi connectivity index (χ1v) is 9.83. The number of ether oxygens (including phenoxy) is 1. The maximum Gasteiger partial charge on any atom is 0.409 e. The third-order valence-corrected chi connectivity index (χ3v) is 5.50. The van der Waals surface area contributed by atoms with Crippen LogP contribution >= 0.6 is 0 Å². The van der Waals surface area contributed by atoms with E-state index in [9.17, 15) is 19.3 Å². The molecule has 2 fully saturated rings. The lowest BCUT2D eigenvalue weighted by Crippen LogP contribution is -2.49. The Labute approximate surface area is 164 Å². The smallest absolute Gasteiger partial charge is 0.409 e. The van der Waals surface area contributed by atoms with Crippen molar-refractivity contribution in [2.24, 2.45) is 0 Å². The molecule has 1 atom stereocenters. The molecule has 8 nitrogen and oxygen atoms in total. The number of nitrogens with zero attached hydrogens (tertiary/aromatic N) is 4. The number of piperazine rings is 1. The molecule has 0 radical (unpaired) electrons. The monoisotopic (exact) mass is 394 g/mol. The van der Waals surface area contributed by atoms with Crippen LogP contribution in [0.1, 0.15) is 33.1 Å². The summed E-state index contributed by atoms with van der Waals surface area (Å²) < 4.78 is 19.7. The molecule has 0 spiro atoms. The summed E-state index contributed by atoms with van der Waals surface area (Å²) in [7, 11) is 0. The van der Waals surface area contributed by atoms with Crippen molar-refractivity contribution in [2.75, 3.05) is 49.1 Å². The van der Waals surface area contributed by atoms with Gasteiger partial charge in [-0.3, -0.25) is 10.1 Å². The van der Waals surface area contributed by atoms with E-state index >= 15 is 0 Å². The van der Waals surface area contributed by atoms with E-state index in [1.807, 2.05) is 9.80 Å². The van der Waals surface area contributed by atoms with Gasteiger partial charge in [0, 0.05) is 38.8 Å². The minimum absolute atomic E-state index is 0.193. The topological polar surface area (TPSA) is 79.2 Å². The van der Waals surface area contributed by atoms with Gasteiger partial charge in [0.1, 0.15) is 5.69 Å². The van der Waals surface area contributed by atoms with Crippen LogP contribution in [0.25, 0.3) is 0 Å². The van der Waals surface area contributed by atoms with E-state index < -0.39 is 10.7 Å². The van der Waals surface area contributed by atoms with E-state index in [1.165, 1.54) is 0 Å². The molecule has 9 heteroatoms. The molecule has 0 N–H and O–H groups in total. The summed E-state index contributed by atoms with van der Waals surface area (Å²) >= 11 is 0. The fourth-order valence-corrected chi connectivity index (χ4v) is 3.96. The Hall–Kier alpha value is -2.58. The van der Waals surface area contributed by atoms with Crippen molar-refractivity contribution in [3.8, 4) is 0 Å². The van der Waals surface area contributed by atoms with Gasteiger partial charge in [0.25, 0.3) is 5.69 Å². The molecule has 3 rings (SSSR count). The van der Waals surface area contributed by atoms with Gasteiger partial charge in [-0.1, -0.05) is 0 Å². The summed E-state index contributed by atoms with van der Waals surface area (Å²) in [6.45, 7) is 6.52. The van der Waals surface area contributed by atoms with Gasteiger partial charge in [-0.15, -0.1) is 0 Å². The molecule has 2 aliphatic heterocycles. The molecule has 0 saturated carbocycles. The molecule has 0 aliphatic carbocycles. The number of benzene rings is 1. The van der Waals surface area contributed by atoms with Crippen molar-refractivity contribution in [3.05, 3.63) is 28.1 Å². The minimum atomic E-state index is -0.561. The summed E-state index contributed by atoms with van der Waals surface area (Å²) in [4.78, 5) is 28.3. The van der Waals surface area contributed by atoms with E-state index in [1.54, 1.807) is 17.9 Å². The van der Waals surface area contributed by atoms with Crippen LogP contribution in [0.4, 0.5) is 26.2 Å². The number of halogens is 1. The molecule has 2 aliphatic rings. The van der Waals surface area contributed by atoms with Crippen molar-refractivity contribution in [2.45, 2.75) is 39.2 Å². The molecule has 2 heterocycles. The van der Waals surface area contributed by atoms with Crippen molar-refractivity contribution in [1.29, 1.82) is 0 Å². The van der Waals surface area contributed by atoms with E-state index in [0.717, 1.165) is 31.9 Å². The van der Waals surface area contributed by atoms with Crippen molar-refractivity contribution >= 4 is 23.2 Å². The summed E-state index contributed by atoms with van der Waals surface area (Å²) in [5.41, 5.74) is 0.582. The fourth-order valence-electron chi connectivity index (χ4n) is 3.96. The third kappa shape index (κ3) is 4.13. The molecular formula is C19H27FN4O4. The highest BCUT2D eigenvalue weighted by molar-refractivity contribution is 5.72. The Bertz CT molecular complexity index is 737. The second-order valence-corrected chi connectivity index (χ2v) is 7.26. The van der Waals surface area contributed by atoms with Crippen LogP contribution in [0.15, 0.2) is 12.1 Å². The first kappa shape index (κ1) is 20.2. The second kappa shape index (κ2) is 8.62. The number of nitro groups is 1. The molecule has 1 aromatic carbocycles. The van der Waals surface area contributed by atoms with Crippen molar-refractivity contribution < 1.29 is 18.8 Å². The quantitative estimate of drug-likeness (QED) is 0.575. The van der Waals surface area contributed by atoms with Crippen LogP contribution in [-0.2, 0) is 4.74 Å². The second-order valence-electron chi connectivity index (χ2n) is 7.26. The first-order valence-electron chi connectivity index (χ1n) is 9.83. The maximum absolute atomic E-state index is 14.7. The Morgan fingerprint density at radius 3 is 2.54 bits per heavy atom. The lowest BCUT2D eigenvalue weighted by Gasteiger charge is -2.38. The Balaban J connectivity index is 1.86. The van der Waals surface area contributed by atoms with Crippen LogP contribution in [-0.4, -0.2) is 61.3 Å². The molecule has 0 bridgehead atoms. The van der Waals surface area contributed by atoms with Gasteiger partial charge < -0.3 is 19.4 Å². The van der Waals surface area contributed by atoms with E-state index in [2.05, 4.69) is 6.92 Å². The zero-order valence-corrected chi connectivity index (χ0v) is 16.4. The number of hydrogen-bond acceptors (Lipinski definition) is 6. The van der Waals surface area contributed by atoms with Gasteiger partial charge in [-0.25, -0.2) is 9.18 Å². The van der Waals surface area contributed by atoms with Crippen LogP contribution in [0.3, 0.4) is 0 Å². The maximum atomic E-state index is 14.7. The highest BCUT2D eigenvalue weighted by Gasteiger charge is 2.30. The predicted octanol–water partition coefficient (Wildman–Crippen LogP) is 3.39. The van der Waals surface area contributed by atoms with Crippen molar-refractivity contribution in [3.63, 3.8) is 0 Å². The molecular weight excluding hydrogens is 367 g/mol. The summed E-state index contributed by atoms with van der Waals surface area (Å²) in [6.07, 6.45) is 2.69. The first-order chi connectivity index (χ1) is 13.4. The van der Waals surface area contributed by atoms with Gasteiger partial charge in [0.2, 0.25) is 0 Å². The Kier molecular flexibility index (Phi) is 6.21. The number of amides is 1. The molecule has 0 unspecified atom stereocenters. The highest BCUT2D eigenvalue weighted by Crippen LogP contribution is 2.37. The highest BCUT2D eigenvalue weighted by atomic mass is 19.1. The van der Waals surface area contributed by atoms with Gasteiger partial charge in [0.15, 0.2) is 5.82 Å². The van der Waals surface area contributed by atoms with Gasteiger partial charge in [-0.2, -0.15) is 0 Å². The summed E-state index contributed by atoms with van der Waals surface area (Å²) in [5.74, 6) is -0.561. The number of rotatable bonds is 4. The Morgan fingerprint density at radius 2 is 1.93 bits per heavy atom. The number of carbonyl (C=O) groups excluding carboxylic acids is 1. The molecule has 0 aromatic heterocycles. The van der Waals surface area contributed by atoms with Crippen LogP contribution in [0, 0.1) is 15.9 Å². The lowest BCUT2D eigenvalue weighted by molar-refractivity contribution is -0.384. The number of hydrogen-bond donors (Lipinski definition) is 0. The SMILES string of the molecule is CCOC(=O)N1CCN(c2cc(N3CCCC[C@H]3C)c(F)cc2[N+](=O)[O-])CC1. The standard InChI is InChI=1S/C19H27FN4O4/c1-3-28-19(25)22-10-8-21(9-11-22)17-13-16(15(20)12-18(17)24(26)27)23-7-5-4-6-14(23)2/h12-14H,3-11H2,1-2H3/t14-/m1/s1. The largest absolute Gasteiger partial charge is 0.450 e. The Morgan fingerprint density at radius 1 is 1.21 bits per heavy atom. The van der Waals surface area contributed by atoms with E-state index in [-0.39, 0.29) is 17.8 Å². The van der Waals surface area contributed by atoms with E-state index in [4.69, 9.17) is 4.74 Å². The zero-order valence-electron chi connectivity index (χ0n) is 16.4. The van der Waals surface area contributed by atoms with Gasteiger partial charge in [0.05, 0.1) is 23.3 Å². The molecule has 28 heavy (non-hydrogen) atoms. The van der Waals surface area contributed by atoms with Gasteiger partial charge in [-0.05, 0) is 39.2 Å². The number of nitro benzene ring substituents is 1. The zero-order chi connectivity index (χ0) is 20.3. The number of carbonyl (C=O) groups is 1. The van der Waals surface area contributed by atoms with Crippen LogP contribution in [0.2, 0.25) is 0 Å². The summed E-state index contributed by atoms with van der Waals surface area (Å²) in [6, 6.07) is 2.83. The predicted molar refractivity (Wildman–Crippen MR) is 105 cm³/mol. The van der Waals surface area contributed by atoms with Gasteiger partial charge >= 0.3 is 6.09 Å². The van der Waals surface area contributed by atoms with Crippen LogP contribution in [0.5, 0.6) is 0 Å². The number of anilines is 2. The summed E-state index contributed by atoms with van der Waals surface area (Å²) in [5, 5.41) is 11.5. The minimum Gasteiger partial charge on any atom is -0.450 e. The average molecular weight is 394 g/mol. The van der Waals surface area contributed by atoms with Crippen LogP contribution < -0.4 is 9.80 Å². The van der Waals surface area contributed by atoms with E-state index in [0.29, 0.717) is 44.2 Å². The third-order valence-electron chi connectivity index (χ3n) is 5.50. The normalized spacial score (nSPS) is 20.2. The fraction of sp³-hybridized carbons (Fsp3) is 0.632. The number of piperidine rings is 1.